The molecular formula is C17H22N4OS. The summed E-state index contributed by atoms with van der Waals surface area (Å²) in [6, 6.07) is 2.12. The van der Waals surface area contributed by atoms with Crippen molar-refractivity contribution in [3.8, 4) is 6.07 Å². The van der Waals surface area contributed by atoms with Crippen LogP contribution in [0.3, 0.4) is 0 Å². The van der Waals surface area contributed by atoms with Crippen molar-refractivity contribution in [2.75, 3.05) is 13.1 Å². The fourth-order valence-electron chi connectivity index (χ4n) is 3.28. The lowest BCUT2D eigenvalue weighted by molar-refractivity contribution is 0.283. The smallest absolute Gasteiger partial charge is 0.263 e. The Morgan fingerprint density at radius 3 is 2.74 bits per heavy atom. The van der Waals surface area contributed by atoms with Gasteiger partial charge in [0.15, 0.2) is 0 Å². The first-order valence-corrected chi connectivity index (χ1v) is 9.14. The Labute approximate surface area is 140 Å². The van der Waals surface area contributed by atoms with Crippen LogP contribution < -0.4 is 5.56 Å². The number of aryl methyl sites for hydroxylation is 2. The molecule has 122 valence electrons. The summed E-state index contributed by atoms with van der Waals surface area (Å²) in [5.74, 6) is 0.714. The number of hydrogen-bond donors (Lipinski definition) is 0. The second-order valence-electron chi connectivity index (χ2n) is 5.93. The molecule has 2 aromatic rings. The summed E-state index contributed by atoms with van der Waals surface area (Å²) in [7, 11) is 0. The minimum Gasteiger partial charge on any atom is -0.297 e. The van der Waals surface area contributed by atoms with Gasteiger partial charge in [-0.1, -0.05) is 13.8 Å². The number of nitriles is 1. The van der Waals surface area contributed by atoms with E-state index in [-0.39, 0.29) is 12.1 Å². The van der Waals surface area contributed by atoms with E-state index in [1.165, 1.54) is 16.9 Å². The monoisotopic (exact) mass is 330 g/mol. The van der Waals surface area contributed by atoms with E-state index in [2.05, 4.69) is 24.8 Å². The Hall–Kier alpha value is -1.71. The second-order valence-corrected chi connectivity index (χ2v) is 7.01. The van der Waals surface area contributed by atoms with E-state index in [0.717, 1.165) is 42.6 Å². The molecule has 23 heavy (non-hydrogen) atoms. The number of rotatable bonds is 5. The van der Waals surface area contributed by atoms with E-state index in [1.54, 1.807) is 15.9 Å². The standard InChI is InChI=1S/C17H22N4OS/c1-3-20(4-2)11-14-19-16-15(17(22)21(14)10-9-18)12-7-5-6-8-13(12)23-16/h3-8,10-11H2,1-2H3. The SMILES string of the molecule is CCN(CC)Cc1nc2sc3c(c2c(=O)n1CC#N)CCCC3. The van der Waals surface area contributed by atoms with Crippen molar-refractivity contribution < 1.29 is 0 Å². The molecule has 0 aromatic carbocycles. The maximum Gasteiger partial charge on any atom is 0.263 e. The minimum atomic E-state index is -0.0295. The first-order chi connectivity index (χ1) is 11.2. The van der Waals surface area contributed by atoms with E-state index >= 15 is 0 Å². The summed E-state index contributed by atoms with van der Waals surface area (Å²) in [5, 5.41) is 9.90. The molecule has 3 rings (SSSR count). The maximum absolute atomic E-state index is 13.0. The molecule has 0 unspecified atom stereocenters. The van der Waals surface area contributed by atoms with Gasteiger partial charge in [-0.25, -0.2) is 4.98 Å². The number of fused-ring (bicyclic) bond motifs is 3. The predicted molar refractivity (Wildman–Crippen MR) is 92.8 cm³/mol. The van der Waals surface area contributed by atoms with Crippen LogP contribution in [0.5, 0.6) is 0 Å². The van der Waals surface area contributed by atoms with Gasteiger partial charge in [-0.2, -0.15) is 5.26 Å². The molecular weight excluding hydrogens is 308 g/mol. The molecule has 0 saturated carbocycles. The lowest BCUT2D eigenvalue weighted by Gasteiger charge is -2.19. The number of thiophene rings is 1. The highest BCUT2D eigenvalue weighted by atomic mass is 32.1. The fraction of sp³-hybridized carbons (Fsp3) is 0.588. The van der Waals surface area contributed by atoms with Crippen LogP contribution in [0.25, 0.3) is 10.2 Å². The third kappa shape index (κ3) is 2.91. The Kier molecular flexibility index (Phi) is 4.79. The van der Waals surface area contributed by atoms with Gasteiger partial charge in [-0.15, -0.1) is 11.3 Å². The normalized spacial score (nSPS) is 14.2. The van der Waals surface area contributed by atoms with E-state index in [4.69, 9.17) is 10.2 Å². The third-order valence-corrected chi connectivity index (χ3v) is 5.83. The summed E-state index contributed by atoms with van der Waals surface area (Å²) in [4.78, 5) is 22.2. The summed E-state index contributed by atoms with van der Waals surface area (Å²) in [6.45, 7) is 6.68. The van der Waals surface area contributed by atoms with Gasteiger partial charge in [-0.3, -0.25) is 14.3 Å². The highest BCUT2D eigenvalue weighted by Gasteiger charge is 2.22. The van der Waals surface area contributed by atoms with Crippen LogP contribution in [0.4, 0.5) is 0 Å². The summed E-state index contributed by atoms with van der Waals surface area (Å²) in [5.41, 5.74) is 1.16. The molecule has 2 heterocycles. The molecule has 0 fully saturated rings. The molecule has 0 aliphatic heterocycles. The molecule has 0 bridgehead atoms. The molecule has 0 saturated heterocycles. The van der Waals surface area contributed by atoms with Crippen molar-refractivity contribution in [2.24, 2.45) is 0 Å². The Balaban J connectivity index is 2.18. The highest BCUT2D eigenvalue weighted by Crippen LogP contribution is 2.33. The molecule has 6 heteroatoms. The van der Waals surface area contributed by atoms with Crippen LogP contribution in [0.1, 0.15) is 43.0 Å². The zero-order chi connectivity index (χ0) is 16.4. The largest absolute Gasteiger partial charge is 0.297 e. The second kappa shape index (κ2) is 6.81. The quantitative estimate of drug-likeness (QED) is 0.845. The number of nitrogens with zero attached hydrogens (tertiary/aromatic N) is 4. The van der Waals surface area contributed by atoms with Crippen molar-refractivity contribution in [3.05, 3.63) is 26.6 Å². The molecule has 5 nitrogen and oxygen atoms in total. The van der Waals surface area contributed by atoms with Crippen molar-refractivity contribution in [1.82, 2.24) is 14.5 Å². The lowest BCUT2D eigenvalue weighted by atomic mass is 9.97. The van der Waals surface area contributed by atoms with Gasteiger partial charge in [0, 0.05) is 4.88 Å². The number of hydrogen-bond acceptors (Lipinski definition) is 5. The van der Waals surface area contributed by atoms with Gasteiger partial charge in [0.1, 0.15) is 17.2 Å². The minimum absolute atomic E-state index is 0.0295. The molecule has 0 N–H and O–H groups in total. The molecule has 0 amide bonds. The van der Waals surface area contributed by atoms with Gasteiger partial charge in [0.25, 0.3) is 5.56 Å². The van der Waals surface area contributed by atoms with Crippen molar-refractivity contribution in [2.45, 2.75) is 52.6 Å². The Bertz CT molecular complexity index is 811. The Morgan fingerprint density at radius 1 is 1.30 bits per heavy atom. The average Bonchev–Trinajstić information content (AvgIpc) is 2.94. The topological polar surface area (TPSA) is 61.9 Å². The van der Waals surface area contributed by atoms with Crippen LogP contribution in [0, 0.1) is 11.3 Å². The molecule has 0 atom stereocenters. The van der Waals surface area contributed by atoms with E-state index in [9.17, 15) is 4.79 Å². The summed E-state index contributed by atoms with van der Waals surface area (Å²) < 4.78 is 1.57. The molecule has 1 aliphatic carbocycles. The zero-order valence-electron chi connectivity index (χ0n) is 13.8. The maximum atomic E-state index is 13.0. The van der Waals surface area contributed by atoms with Crippen LogP contribution in [0.2, 0.25) is 0 Å². The molecule has 0 radical (unpaired) electrons. The summed E-state index contributed by atoms with van der Waals surface area (Å²) in [6.07, 6.45) is 4.35. The molecule has 1 aliphatic rings. The lowest BCUT2D eigenvalue weighted by Crippen LogP contribution is -2.31. The molecule has 0 spiro atoms. The number of aromatic nitrogens is 2. The highest BCUT2D eigenvalue weighted by molar-refractivity contribution is 7.18. The van der Waals surface area contributed by atoms with Crippen LogP contribution in [-0.4, -0.2) is 27.5 Å². The van der Waals surface area contributed by atoms with Gasteiger partial charge in [0.05, 0.1) is 18.0 Å². The van der Waals surface area contributed by atoms with E-state index in [0.29, 0.717) is 12.4 Å². The van der Waals surface area contributed by atoms with E-state index < -0.39 is 0 Å². The fourth-order valence-corrected chi connectivity index (χ4v) is 4.55. The summed E-state index contributed by atoms with van der Waals surface area (Å²) >= 11 is 1.67. The molecule has 2 aromatic heterocycles. The first-order valence-electron chi connectivity index (χ1n) is 8.32. The van der Waals surface area contributed by atoms with Crippen molar-refractivity contribution >= 4 is 21.6 Å². The zero-order valence-corrected chi connectivity index (χ0v) is 14.6. The van der Waals surface area contributed by atoms with Gasteiger partial charge in [0.2, 0.25) is 0 Å². The van der Waals surface area contributed by atoms with Crippen molar-refractivity contribution in [3.63, 3.8) is 0 Å². The van der Waals surface area contributed by atoms with Crippen LogP contribution in [-0.2, 0) is 25.9 Å². The third-order valence-electron chi connectivity index (χ3n) is 4.64. The predicted octanol–water partition coefficient (Wildman–Crippen LogP) is 2.70. The Morgan fingerprint density at radius 2 is 2.04 bits per heavy atom. The van der Waals surface area contributed by atoms with Crippen LogP contribution >= 0.6 is 11.3 Å². The average molecular weight is 330 g/mol. The van der Waals surface area contributed by atoms with Crippen molar-refractivity contribution in [1.29, 1.82) is 5.26 Å². The van der Waals surface area contributed by atoms with Gasteiger partial charge < -0.3 is 0 Å². The van der Waals surface area contributed by atoms with Crippen LogP contribution in [0.15, 0.2) is 4.79 Å². The van der Waals surface area contributed by atoms with E-state index in [1.807, 2.05) is 0 Å². The first kappa shape index (κ1) is 16.2. The van der Waals surface area contributed by atoms with Gasteiger partial charge in [-0.05, 0) is 44.3 Å². The van der Waals surface area contributed by atoms with Gasteiger partial charge >= 0.3 is 0 Å².